The number of hydrogen-bond acceptors (Lipinski definition) is 10. The highest BCUT2D eigenvalue weighted by Gasteiger charge is 2.41. The third-order valence-electron chi connectivity index (χ3n) is 8.25. The quantitative estimate of drug-likeness (QED) is 0.0835. The lowest BCUT2D eigenvalue weighted by Gasteiger charge is -2.45. The fourth-order valence-electron chi connectivity index (χ4n) is 7.09. The van der Waals surface area contributed by atoms with Crippen LogP contribution in [0.2, 0.25) is 0 Å². The third kappa shape index (κ3) is 24.7. The summed E-state index contributed by atoms with van der Waals surface area (Å²) in [4.78, 5) is 47.8. The van der Waals surface area contributed by atoms with E-state index in [9.17, 15) is 19.2 Å². The molecule has 8 N–H and O–H groups in total. The first-order chi connectivity index (χ1) is 21.3. The van der Waals surface area contributed by atoms with Crippen molar-refractivity contribution in [2.24, 2.45) is 43.1 Å². The molecule has 0 radical (unpaired) electrons. The second-order valence-corrected chi connectivity index (χ2v) is 15.2. The summed E-state index contributed by atoms with van der Waals surface area (Å²) in [6, 6.07) is 0.357. The molecule has 12 nitrogen and oxygen atoms in total. The van der Waals surface area contributed by atoms with Crippen molar-refractivity contribution in [3.05, 3.63) is 0 Å². The van der Waals surface area contributed by atoms with Gasteiger partial charge in [-0.25, -0.2) is 19.6 Å². The molecule has 0 saturated heterocycles. The molecular formula is C34H64N4O8. The number of aliphatic hydroxyl groups excluding tert-OH is 2. The van der Waals surface area contributed by atoms with Gasteiger partial charge in [-0.2, -0.15) is 0 Å². The topological polar surface area (TPSA) is 226 Å². The molecular weight excluding hydrogens is 592 g/mol. The van der Waals surface area contributed by atoms with Crippen LogP contribution in [-0.2, 0) is 19.2 Å². The average molecular weight is 657 g/mol. The molecule has 2 aliphatic carbocycles. The second-order valence-electron chi connectivity index (χ2n) is 15.2. The maximum atomic E-state index is 10.3. The minimum atomic E-state index is -0.870. The van der Waals surface area contributed by atoms with Crippen LogP contribution in [0.1, 0.15) is 131 Å². The molecule has 0 aromatic carbocycles. The molecule has 0 heterocycles. The summed E-state index contributed by atoms with van der Waals surface area (Å²) >= 11 is 0. The summed E-state index contributed by atoms with van der Waals surface area (Å²) in [7, 11) is 0. The van der Waals surface area contributed by atoms with E-state index in [-0.39, 0.29) is 48.3 Å². The van der Waals surface area contributed by atoms with E-state index >= 15 is 0 Å². The lowest BCUT2D eigenvalue weighted by molar-refractivity contribution is -0.139. The zero-order valence-electron chi connectivity index (χ0n) is 29.4. The van der Waals surface area contributed by atoms with Gasteiger partial charge >= 0.3 is 11.9 Å². The first-order valence-corrected chi connectivity index (χ1v) is 16.5. The lowest BCUT2D eigenvalue weighted by atomic mass is 9.63. The number of nitrogens with two attached hydrogens (primary N) is 2. The zero-order valence-corrected chi connectivity index (χ0v) is 29.4. The molecule has 2 saturated carbocycles. The molecule has 0 aromatic heterocycles. The highest BCUT2D eigenvalue weighted by Crippen LogP contribution is 2.47. The van der Waals surface area contributed by atoms with Crippen LogP contribution in [0.3, 0.4) is 0 Å². The van der Waals surface area contributed by atoms with Crippen LogP contribution in [0.5, 0.6) is 0 Å². The van der Waals surface area contributed by atoms with Crippen LogP contribution in [-0.4, -0.2) is 82.9 Å². The zero-order chi connectivity index (χ0) is 35.9. The van der Waals surface area contributed by atoms with Gasteiger partial charge in [-0.05, 0) is 92.4 Å². The van der Waals surface area contributed by atoms with E-state index < -0.39 is 11.9 Å². The van der Waals surface area contributed by atoms with Crippen molar-refractivity contribution in [2.75, 3.05) is 26.3 Å². The van der Waals surface area contributed by atoms with Crippen molar-refractivity contribution in [2.45, 2.75) is 144 Å². The number of nitrogens with zero attached hydrogens (tertiary/aromatic N) is 2. The number of carboxylic acid groups (broad SMARTS) is 2. The van der Waals surface area contributed by atoms with Crippen molar-refractivity contribution in [3.8, 4) is 0 Å². The molecule has 46 heavy (non-hydrogen) atoms. The van der Waals surface area contributed by atoms with E-state index in [1.807, 2.05) is 0 Å². The van der Waals surface area contributed by atoms with Gasteiger partial charge in [0, 0.05) is 32.1 Å². The van der Waals surface area contributed by atoms with Gasteiger partial charge in [-0.3, -0.25) is 9.59 Å². The summed E-state index contributed by atoms with van der Waals surface area (Å²) in [5.74, 6) is -1.74. The summed E-state index contributed by atoms with van der Waals surface area (Å²) < 4.78 is 0. The predicted molar refractivity (Wildman–Crippen MR) is 180 cm³/mol. The van der Waals surface area contributed by atoms with Crippen LogP contribution in [0, 0.1) is 21.7 Å². The molecule has 12 heteroatoms. The van der Waals surface area contributed by atoms with Crippen LogP contribution >= 0.6 is 0 Å². The minimum absolute atomic E-state index is 0.00750. The number of aliphatic hydroxyl groups is 2. The Kier molecular flexibility index (Phi) is 23.6. The number of carbonyl (C=O) groups is 2. The number of carboxylic acids is 2. The Morgan fingerprint density at radius 3 is 1.59 bits per heavy atom. The fraction of sp³-hybridized carbons (Fsp3) is 0.882. The van der Waals surface area contributed by atoms with Gasteiger partial charge in [0.2, 0.25) is 12.2 Å². The Balaban J connectivity index is 0. The van der Waals surface area contributed by atoms with Gasteiger partial charge in [-0.1, -0.05) is 54.4 Å². The van der Waals surface area contributed by atoms with Crippen LogP contribution in [0.25, 0.3) is 0 Å². The number of rotatable bonds is 14. The summed E-state index contributed by atoms with van der Waals surface area (Å²) in [6.07, 6.45) is 14.2. The number of aliphatic carboxylic acids is 2. The number of hydrogen-bond donors (Lipinski definition) is 6. The van der Waals surface area contributed by atoms with Gasteiger partial charge in [0.15, 0.2) is 0 Å². The van der Waals surface area contributed by atoms with Crippen LogP contribution in [0.4, 0.5) is 0 Å². The Morgan fingerprint density at radius 2 is 1.20 bits per heavy atom. The van der Waals surface area contributed by atoms with E-state index in [1.54, 1.807) is 12.2 Å². The van der Waals surface area contributed by atoms with Gasteiger partial charge in [0.25, 0.3) is 0 Å². The summed E-state index contributed by atoms with van der Waals surface area (Å²) in [5.41, 5.74) is 12.5. The fourth-order valence-corrected chi connectivity index (χ4v) is 7.09. The minimum Gasteiger partial charge on any atom is -0.481 e. The van der Waals surface area contributed by atoms with Crippen molar-refractivity contribution < 1.29 is 39.6 Å². The standard InChI is InChI=1S/C12H18N2O2.C10H22N2.C6H10O4.C6H14O2/c1-11(2)4-10(14-9-16)5-12(3,6-11)7-13-8-15;1-9(2)4-8(12)5-10(3,6-9)7-11;7-5(8)3-1-2-4-6(9)10;7-5-3-1-2-4-6-8/h10H,4-7H2,1-3H3;8H,4-7,11-12H2,1-3H3;1-4H2,(H,7,8)(H,9,10);7-8H,1-6H2. The lowest BCUT2D eigenvalue weighted by Crippen LogP contribution is -2.45. The molecule has 0 spiro atoms. The maximum absolute atomic E-state index is 10.3. The second kappa shape index (κ2) is 23.8. The summed E-state index contributed by atoms with van der Waals surface area (Å²) in [6.45, 7) is 15.0. The van der Waals surface area contributed by atoms with E-state index in [2.05, 4.69) is 51.5 Å². The molecule has 0 bridgehead atoms. The van der Waals surface area contributed by atoms with Crippen molar-refractivity contribution >= 4 is 24.1 Å². The smallest absolute Gasteiger partial charge is 0.303 e. The Bertz CT molecular complexity index is 941. The number of isocyanates is 2. The number of carbonyl (C=O) groups excluding carboxylic acids is 2. The molecule has 0 amide bonds. The predicted octanol–water partition coefficient (Wildman–Crippen LogP) is 4.98. The first-order valence-electron chi connectivity index (χ1n) is 16.5. The molecule has 0 aromatic rings. The molecule has 2 rings (SSSR count). The highest BCUT2D eigenvalue weighted by atomic mass is 16.4. The van der Waals surface area contributed by atoms with Gasteiger partial charge in [0.05, 0.1) is 12.6 Å². The molecule has 2 aliphatic rings. The molecule has 0 aliphatic heterocycles. The number of aliphatic imine (C=N–C) groups is 2. The molecule has 268 valence electrons. The Labute approximate surface area is 276 Å². The molecule has 2 fully saturated rings. The van der Waals surface area contributed by atoms with Gasteiger partial charge < -0.3 is 31.9 Å². The van der Waals surface area contributed by atoms with Crippen molar-refractivity contribution in [1.29, 1.82) is 0 Å². The van der Waals surface area contributed by atoms with Gasteiger partial charge in [-0.15, -0.1) is 0 Å². The average Bonchev–Trinajstić information content (AvgIpc) is 2.91. The van der Waals surface area contributed by atoms with Crippen molar-refractivity contribution in [1.82, 2.24) is 0 Å². The Hall–Kier alpha value is -2.46. The Morgan fingerprint density at radius 1 is 0.717 bits per heavy atom. The first kappa shape index (κ1) is 45.7. The van der Waals surface area contributed by atoms with E-state index in [1.165, 1.54) is 6.42 Å². The van der Waals surface area contributed by atoms with E-state index in [0.29, 0.717) is 30.8 Å². The SMILES string of the molecule is CC1(C)CC(N)CC(C)(CN)C1.CC1(C)CC(N=C=O)CC(C)(CN=C=O)C1.O=C(O)CCCCC(=O)O.OCCCCCCO. The summed E-state index contributed by atoms with van der Waals surface area (Å²) in [5, 5.41) is 32.9. The maximum Gasteiger partial charge on any atom is 0.303 e. The van der Waals surface area contributed by atoms with Crippen molar-refractivity contribution in [3.63, 3.8) is 0 Å². The molecule has 4 atom stereocenters. The highest BCUT2D eigenvalue weighted by molar-refractivity contribution is 5.67. The normalized spacial score (nSPS) is 25.7. The van der Waals surface area contributed by atoms with E-state index in [0.717, 1.165) is 64.3 Å². The molecule has 4 unspecified atom stereocenters. The largest absolute Gasteiger partial charge is 0.481 e. The van der Waals surface area contributed by atoms with Crippen LogP contribution in [0.15, 0.2) is 9.98 Å². The monoisotopic (exact) mass is 656 g/mol. The third-order valence-corrected chi connectivity index (χ3v) is 8.25. The van der Waals surface area contributed by atoms with Crippen LogP contribution < -0.4 is 11.5 Å². The van der Waals surface area contributed by atoms with Gasteiger partial charge in [0.1, 0.15) is 0 Å². The number of unbranched alkanes of at least 4 members (excludes halogenated alkanes) is 4. The van der Waals surface area contributed by atoms with E-state index in [4.69, 9.17) is 31.9 Å².